The van der Waals surface area contributed by atoms with Crippen molar-refractivity contribution in [2.45, 2.75) is 44.6 Å². The van der Waals surface area contributed by atoms with Crippen molar-refractivity contribution in [3.63, 3.8) is 0 Å². The first-order valence-electron chi connectivity index (χ1n) is 9.94. The zero-order valence-corrected chi connectivity index (χ0v) is 16.2. The second-order valence-electron chi connectivity index (χ2n) is 7.91. The average molecular weight is 376 g/mol. The van der Waals surface area contributed by atoms with E-state index in [0.717, 1.165) is 35.1 Å². The Kier molecular flexibility index (Phi) is 4.07. The number of carbonyl (C=O) groups excluding carboxylic acids is 1. The molecular weight excluding hydrogens is 352 g/mol. The molecule has 144 valence electrons. The molecule has 0 bridgehead atoms. The zero-order valence-electron chi connectivity index (χ0n) is 16.2. The molecule has 0 aliphatic heterocycles. The van der Waals surface area contributed by atoms with E-state index in [2.05, 4.69) is 34.5 Å². The molecule has 1 aromatic carbocycles. The number of nitrogens with one attached hydrogen (secondary N) is 1. The first kappa shape index (κ1) is 17.2. The van der Waals surface area contributed by atoms with Crippen LogP contribution in [0.5, 0.6) is 5.88 Å². The minimum Gasteiger partial charge on any atom is -0.468 e. The largest absolute Gasteiger partial charge is 0.468 e. The highest BCUT2D eigenvalue weighted by Gasteiger charge is 2.30. The summed E-state index contributed by atoms with van der Waals surface area (Å²) >= 11 is 0. The van der Waals surface area contributed by atoms with Crippen LogP contribution in [-0.2, 0) is 18.3 Å². The summed E-state index contributed by atoms with van der Waals surface area (Å²) < 4.78 is 7.55. The van der Waals surface area contributed by atoms with Crippen LogP contribution < -0.4 is 10.1 Å². The number of ether oxygens (including phenoxy) is 1. The van der Waals surface area contributed by atoms with Gasteiger partial charge in [-0.25, -0.2) is 0 Å². The van der Waals surface area contributed by atoms with Crippen molar-refractivity contribution in [1.82, 2.24) is 20.1 Å². The summed E-state index contributed by atoms with van der Waals surface area (Å²) in [5, 5.41) is 8.87. The van der Waals surface area contributed by atoms with E-state index in [0.29, 0.717) is 11.8 Å². The number of carbonyl (C=O) groups is 1. The van der Waals surface area contributed by atoms with Crippen LogP contribution in [0.15, 0.2) is 30.3 Å². The SMILES string of the molecule is Cc1cc(OCC(=O)NC2CCc3ccccc32)nc2c1c(C1CC1)nn2C. The maximum atomic E-state index is 12.4. The highest BCUT2D eigenvalue weighted by Crippen LogP contribution is 2.43. The van der Waals surface area contributed by atoms with Gasteiger partial charge in [-0.05, 0) is 49.3 Å². The molecule has 1 N–H and O–H groups in total. The molecular formula is C22H24N4O2. The highest BCUT2D eigenvalue weighted by molar-refractivity contribution is 5.84. The summed E-state index contributed by atoms with van der Waals surface area (Å²) in [7, 11) is 1.91. The Morgan fingerprint density at radius 2 is 2.11 bits per heavy atom. The Morgan fingerprint density at radius 3 is 2.93 bits per heavy atom. The van der Waals surface area contributed by atoms with Crippen molar-refractivity contribution in [3.8, 4) is 5.88 Å². The molecule has 0 spiro atoms. The number of rotatable bonds is 5. The molecule has 1 atom stereocenters. The number of benzene rings is 1. The number of aromatic nitrogens is 3. The average Bonchev–Trinajstić information content (AvgIpc) is 3.38. The smallest absolute Gasteiger partial charge is 0.258 e. The minimum atomic E-state index is -0.120. The van der Waals surface area contributed by atoms with Gasteiger partial charge in [-0.15, -0.1) is 0 Å². The van der Waals surface area contributed by atoms with Crippen molar-refractivity contribution in [3.05, 3.63) is 52.7 Å². The van der Waals surface area contributed by atoms with Crippen molar-refractivity contribution in [1.29, 1.82) is 0 Å². The van der Waals surface area contributed by atoms with Gasteiger partial charge in [0.25, 0.3) is 5.91 Å². The molecule has 0 saturated heterocycles. The first-order valence-corrected chi connectivity index (χ1v) is 9.94. The molecule has 1 fully saturated rings. The summed E-state index contributed by atoms with van der Waals surface area (Å²) in [6.07, 6.45) is 4.35. The number of hydrogen-bond donors (Lipinski definition) is 1. The number of hydrogen-bond acceptors (Lipinski definition) is 4. The second kappa shape index (κ2) is 6.62. The lowest BCUT2D eigenvalue weighted by Gasteiger charge is -2.14. The van der Waals surface area contributed by atoms with Gasteiger partial charge in [0.2, 0.25) is 5.88 Å². The van der Waals surface area contributed by atoms with Gasteiger partial charge in [-0.3, -0.25) is 9.48 Å². The van der Waals surface area contributed by atoms with Crippen LogP contribution in [0.4, 0.5) is 0 Å². The summed E-state index contributed by atoms with van der Waals surface area (Å²) in [5.74, 6) is 0.915. The lowest BCUT2D eigenvalue weighted by molar-refractivity contribution is -0.123. The third-order valence-corrected chi connectivity index (χ3v) is 5.78. The normalized spacial score (nSPS) is 18.3. The molecule has 0 radical (unpaired) electrons. The fourth-order valence-corrected chi connectivity index (χ4v) is 4.24. The van der Waals surface area contributed by atoms with Gasteiger partial charge in [-0.2, -0.15) is 10.1 Å². The fourth-order valence-electron chi connectivity index (χ4n) is 4.24. The van der Waals surface area contributed by atoms with E-state index in [-0.39, 0.29) is 18.6 Å². The minimum absolute atomic E-state index is 0.0378. The highest BCUT2D eigenvalue weighted by atomic mass is 16.5. The summed E-state index contributed by atoms with van der Waals surface area (Å²) in [6.45, 7) is 2.02. The van der Waals surface area contributed by atoms with Crippen LogP contribution in [0, 0.1) is 6.92 Å². The van der Waals surface area contributed by atoms with E-state index < -0.39 is 0 Å². The van der Waals surface area contributed by atoms with Crippen LogP contribution >= 0.6 is 0 Å². The first-order chi connectivity index (χ1) is 13.6. The molecule has 1 saturated carbocycles. The summed E-state index contributed by atoms with van der Waals surface area (Å²) in [6, 6.07) is 10.3. The fraction of sp³-hybridized carbons (Fsp3) is 0.409. The molecule has 2 aromatic heterocycles. The third kappa shape index (κ3) is 3.03. The number of amides is 1. The predicted octanol–water partition coefficient (Wildman–Crippen LogP) is 3.34. The third-order valence-electron chi connectivity index (χ3n) is 5.78. The van der Waals surface area contributed by atoms with Crippen LogP contribution in [-0.4, -0.2) is 27.3 Å². The molecule has 1 unspecified atom stereocenters. The predicted molar refractivity (Wildman–Crippen MR) is 106 cm³/mol. The van der Waals surface area contributed by atoms with Crippen LogP contribution in [0.1, 0.15) is 53.6 Å². The van der Waals surface area contributed by atoms with E-state index in [1.165, 1.54) is 24.0 Å². The molecule has 2 heterocycles. The molecule has 5 rings (SSSR count). The van der Waals surface area contributed by atoms with E-state index >= 15 is 0 Å². The lowest BCUT2D eigenvalue weighted by Crippen LogP contribution is -2.31. The summed E-state index contributed by atoms with van der Waals surface area (Å²) in [4.78, 5) is 17.0. The van der Waals surface area contributed by atoms with Gasteiger partial charge >= 0.3 is 0 Å². The van der Waals surface area contributed by atoms with Crippen LogP contribution in [0.2, 0.25) is 0 Å². The Labute approximate surface area is 163 Å². The molecule has 28 heavy (non-hydrogen) atoms. The number of nitrogens with zero attached hydrogens (tertiary/aromatic N) is 3. The maximum absolute atomic E-state index is 12.4. The Morgan fingerprint density at radius 1 is 1.29 bits per heavy atom. The van der Waals surface area contributed by atoms with Gasteiger partial charge in [0.05, 0.1) is 11.7 Å². The molecule has 6 nitrogen and oxygen atoms in total. The summed E-state index contributed by atoms with van der Waals surface area (Å²) in [5.41, 5.74) is 5.60. The van der Waals surface area contributed by atoms with Gasteiger partial charge in [-0.1, -0.05) is 24.3 Å². The Balaban J connectivity index is 1.28. The quantitative estimate of drug-likeness (QED) is 0.742. The topological polar surface area (TPSA) is 69.0 Å². The van der Waals surface area contributed by atoms with E-state index in [9.17, 15) is 4.79 Å². The van der Waals surface area contributed by atoms with Gasteiger partial charge in [0, 0.05) is 24.4 Å². The van der Waals surface area contributed by atoms with E-state index in [1.807, 2.05) is 29.9 Å². The number of pyridine rings is 1. The van der Waals surface area contributed by atoms with E-state index in [4.69, 9.17) is 4.74 Å². The molecule has 3 aromatic rings. The molecule has 2 aliphatic rings. The Hall–Kier alpha value is -2.89. The number of aryl methyl sites for hydroxylation is 3. The molecule has 1 amide bonds. The standard InChI is InChI=1S/C22H24N4O2/c1-13-11-19(24-22-20(13)21(15-7-8-15)25-26(22)2)28-12-18(27)23-17-10-9-14-5-3-4-6-16(14)17/h3-6,11,15,17H,7-10,12H2,1-2H3,(H,23,27). The molecule has 2 aliphatic carbocycles. The number of fused-ring (bicyclic) bond motifs is 2. The second-order valence-corrected chi connectivity index (χ2v) is 7.91. The molecule has 6 heteroatoms. The van der Waals surface area contributed by atoms with Crippen molar-refractivity contribution < 1.29 is 9.53 Å². The van der Waals surface area contributed by atoms with Gasteiger partial charge < -0.3 is 10.1 Å². The Bertz CT molecular complexity index is 1070. The van der Waals surface area contributed by atoms with Gasteiger partial charge in [0.15, 0.2) is 12.3 Å². The zero-order chi connectivity index (χ0) is 19.3. The monoisotopic (exact) mass is 376 g/mol. The van der Waals surface area contributed by atoms with Crippen LogP contribution in [0.3, 0.4) is 0 Å². The lowest BCUT2D eigenvalue weighted by atomic mass is 10.1. The van der Waals surface area contributed by atoms with Gasteiger partial charge in [0.1, 0.15) is 0 Å². The van der Waals surface area contributed by atoms with E-state index in [1.54, 1.807) is 0 Å². The maximum Gasteiger partial charge on any atom is 0.258 e. The van der Waals surface area contributed by atoms with Crippen molar-refractivity contribution in [2.24, 2.45) is 7.05 Å². The van der Waals surface area contributed by atoms with Crippen molar-refractivity contribution in [2.75, 3.05) is 6.61 Å². The van der Waals surface area contributed by atoms with Crippen molar-refractivity contribution >= 4 is 16.9 Å². The van der Waals surface area contributed by atoms with Crippen LogP contribution in [0.25, 0.3) is 11.0 Å².